The maximum Gasteiger partial charge on any atom is 0.125 e. The first-order valence-electron chi connectivity index (χ1n) is 4.67. The molecule has 2 rings (SSSR count). The van der Waals surface area contributed by atoms with Crippen LogP contribution in [0, 0.1) is 5.82 Å². The predicted molar refractivity (Wildman–Crippen MR) is 59.1 cm³/mol. The van der Waals surface area contributed by atoms with Crippen molar-refractivity contribution < 1.29 is 4.39 Å². The summed E-state index contributed by atoms with van der Waals surface area (Å²) in [5.74, 6) is -0.267. The Morgan fingerprint density at radius 1 is 1.27 bits per heavy atom. The highest BCUT2D eigenvalue weighted by Crippen LogP contribution is 2.12. The Bertz CT molecular complexity index is 486. The number of aryl methyl sites for hydroxylation is 1. The smallest absolute Gasteiger partial charge is 0.125 e. The largest absolute Gasteiger partial charge is 0.350 e. The standard InChI is InChI=1S/C12H11FN2/c1-15-7-3-6-12(15)9-14-11-5-2-4-10(13)8-11/h2-9H,1H3. The maximum atomic E-state index is 12.8. The number of hydrogen-bond acceptors (Lipinski definition) is 1. The molecule has 0 aliphatic rings. The third-order valence-electron chi connectivity index (χ3n) is 2.14. The highest BCUT2D eigenvalue weighted by molar-refractivity contribution is 5.80. The van der Waals surface area contributed by atoms with Crippen LogP contribution in [0.15, 0.2) is 47.6 Å². The van der Waals surface area contributed by atoms with Gasteiger partial charge in [0.25, 0.3) is 0 Å². The molecule has 0 radical (unpaired) electrons. The SMILES string of the molecule is Cn1cccc1C=Nc1cccc(F)c1. The molecule has 0 unspecified atom stereocenters. The van der Waals surface area contributed by atoms with Crippen molar-refractivity contribution in [2.45, 2.75) is 0 Å². The van der Waals surface area contributed by atoms with Crippen LogP contribution in [0.2, 0.25) is 0 Å². The Morgan fingerprint density at radius 3 is 2.80 bits per heavy atom. The Labute approximate surface area is 87.7 Å². The molecule has 0 atom stereocenters. The number of hydrogen-bond donors (Lipinski definition) is 0. The van der Waals surface area contributed by atoms with Gasteiger partial charge in [0.05, 0.1) is 17.6 Å². The van der Waals surface area contributed by atoms with Gasteiger partial charge >= 0.3 is 0 Å². The van der Waals surface area contributed by atoms with Gasteiger partial charge in [-0.15, -0.1) is 0 Å². The van der Waals surface area contributed by atoms with Gasteiger partial charge in [-0.05, 0) is 30.3 Å². The van der Waals surface area contributed by atoms with Crippen molar-refractivity contribution in [1.82, 2.24) is 4.57 Å². The van der Waals surface area contributed by atoms with Crippen LogP contribution < -0.4 is 0 Å². The van der Waals surface area contributed by atoms with Gasteiger partial charge in [0.15, 0.2) is 0 Å². The quantitative estimate of drug-likeness (QED) is 0.666. The third kappa shape index (κ3) is 2.31. The monoisotopic (exact) mass is 202 g/mol. The zero-order valence-corrected chi connectivity index (χ0v) is 8.39. The average Bonchev–Trinajstić information content (AvgIpc) is 2.61. The molecule has 1 heterocycles. The number of aliphatic imine (C=N–C) groups is 1. The van der Waals surface area contributed by atoms with Crippen molar-refractivity contribution in [3.8, 4) is 0 Å². The summed E-state index contributed by atoms with van der Waals surface area (Å²) in [6.45, 7) is 0. The second-order valence-electron chi connectivity index (χ2n) is 3.28. The molecule has 0 bridgehead atoms. The summed E-state index contributed by atoms with van der Waals surface area (Å²) in [7, 11) is 1.94. The van der Waals surface area contributed by atoms with E-state index in [2.05, 4.69) is 4.99 Å². The molecule has 0 saturated heterocycles. The van der Waals surface area contributed by atoms with Gasteiger partial charge in [0, 0.05) is 13.2 Å². The van der Waals surface area contributed by atoms with Crippen molar-refractivity contribution >= 4 is 11.9 Å². The minimum atomic E-state index is -0.267. The molecular weight excluding hydrogens is 191 g/mol. The van der Waals surface area contributed by atoms with Crippen LogP contribution in [-0.4, -0.2) is 10.8 Å². The maximum absolute atomic E-state index is 12.8. The normalized spacial score (nSPS) is 11.1. The molecule has 3 heteroatoms. The van der Waals surface area contributed by atoms with Crippen LogP contribution in [0.1, 0.15) is 5.69 Å². The number of aromatic nitrogens is 1. The first kappa shape index (κ1) is 9.65. The highest BCUT2D eigenvalue weighted by atomic mass is 19.1. The molecule has 0 aliphatic carbocycles. The van der Waals surface area contributed by atoms with Crippen molar-refractivity contribution in [3.05, 3.63) is 54.1 Å². The van der Waals surface area contributed by atoms with Gasteiger partial charge in [-0.3, -0.25) is 4.99 Å². The van der Waals surface area contributed by atoms with Crippen LogP contribution in [0.25, 0.3) is 0 Å². The molecule has 2 aromatic rings. The van der Waals surface area contributed by atoms with E-state index in [1.165, 1.54) is 12.1 Å². The van der Waals surface area contributed by atoms with E-state index in [4.69, 9.17) is 0 Å². The Balaban J connectivity index is 2.22. The molecule has 2 nitrogen and oxygen atoms in total. The Kier molecular flexibility index (Phi) is 2.63. The molecule has 0 saturated carbocycles. The fraction of sp³-hybridized carbons (Fsp3) is 0.0833. The van der Waals surface area contributed by atoms with Crippen molar-refractivity contribution in [2.24, 2.45) is 12.0 Å². The van der Waals surface area contributed by atoms with Crippen LogP contribution in [-0.2, 0) is 7.05 Å². The topological polar surface area (TPSA) is 17.3 Å². The van der Waals surface area contributed by atoms with Gasteiger partial charge < -0.3 is 4.57 Å². The Hall–Kier alpha value is -1.90. The first-order valence-corrected chi connectivity index (χ1v) is 4.67. The minimum absolute atomic E-state index is 0.267. The van der Waals surface area contributed by atoms with Crippen LogP contribution in [0.4, 0.5) is 10.1 Å². The lowest BCUT2D eigenvalue weighted by Gasteiger charge is -1.96. The zero-order valence-electron chi connectivity index (χ0n) is 8.39. The number of rotatable bonds is 2. The third-order valence-corrected chi connectivity index (χ3v) is 2.14. The van der Waals surface area contributed by atoms with E-state index in [1.54, 1.807) is 18.3 Å². The van der Waals surface area contributed by atoms with Crippen molar-refractivity contribution in [2.75, 3.05) is 0 Å². The summed E-state index contributed by atoms with van der Waals surface area (Å²) < 4.78 is 14.8. The molecule has 15 heavy (non-hydrogen) atoms. The molecule has 0 amide bonds. The van der Waals surface area contributed by atoms with Gasteiger partial charge in [0.2, 0.25) is 0 Å². The lowest BCUT2D eigenvalue weighted by Crippen LogP contribution is -1.91. The molecule has 0 spiro atoms. The summed E-state index contributed by atoms with van der Waals surface area (Å²) in [6.07, 6.45) is 3.65. The van der Waals surface area contributed by atoms with Gasteiger partial charge in [0.1, 0.15) is 5.82 Å². The lowest BCUT2D eigenvalue weighted by molar-refractivity contribution is 0.628. The predicted octanol–water partition coefficient (Wildman–Crippen LogP) is 2.91. The summed E-state index contributed by atoms with van der Waals surface area (Å²) in [5.41, 5.74) is 1.61. The van der Waals surface area contributed by atoms with Crippen molar-refractivity contribution in [1.29, 1.82) is 0 Å². The summed E-state index contributed by atoms with van der Waals surface area (Å²) in [5, 5.41) is 0. The number of nitrogens with zero attached hydrogens (tertiary/aromatic N) is 2. The van der Waals surface area contributed by atoms with Crippen LogP contribution >= 0.6 is 0 Å². The minimum Gasteiger partial charge on any atom is -0.350 e. The molecule has 0 fully saturated rings. The van der Waals surface area contributed by atoms with Crippen molar-refractivity contribution in [3.63, 3.8) is 0 Å². The summed E-state index contributed by atoms with van der Waals surface area (Å²) in [4.78, 5) is 4.18. The second kappa shape index (κ2) is 4.09. The molecule has 0 N–H and O–H groups in total. The molecule has 0 aliphatic heterocycles. The fourth-order valence-electron chi connectivity index (χ4n) is 1.31. The number of halogens is 1. The number of benzene rings is 1. The van der Waals surface area contributed by atoms with Gasteiger partial charge in [-0.2, -0.15) is 0 Å². The fourth-order valence-corrected chi connectivity index (χ4v) is 1.31. The van der Waals surface area contributed by atoms with E-state index in [0.29, 0.717) is 5.69 Å². The van der Waals surface area contributed by atoms with E-state index >= 15 is 0 Å². The van der Waals surface area contributed by atoms with Gasteiger partial charge in [-0.25, -0.2) is 4.39 Å². The molecule has 1 aromatic heterocycles. The van der Waals surface area contributed by atoms with E-state index in [-0.39, 0.29) is 5.82 Å². The zero-order chi connectivity index (χ0) is 10.7. The van der Waals surface area contributed by atoms with Gasteiger partial charge in [-0.1, -0.05) is 6.07 Å². The van der Waals surface area contributed by atoms with Crippen LogP contribution in [0.5, 0.6) is 0 Å². The van der Waals surface area contributed by atoms with E-state index in [1.807, 2.05) is 29.9 Å². The van der Waals surface area contributed by atoms with E-state index in [0.717, 1.165) is 5.69 Å². The summed E-state index contributed by atoms with van der Waals surface area (Å²) >= 11 is 0. The lowest BCUT2D eigenvalue weighted by atomic mass is 10.3. The van der Waals surface area contributed by atoms with E-state index in [9.17, 15) is 4.39 Å². The average molecular weight is 202 g/mol. The first-order chi connectivity index (χ1) is 7.25. The van der Waals surface area contributed by atoms with E-state index < -0.39 is 0 Å². The molecule has 76 valence electrons. The summed E-state index contributed by atoms with van der Waals surface area (Å²) in [6, 6.07) is 10.1. The molecular formula is C12H11FN2. The second-order valence-corrected chi connectivity index (χ2v) is 3.28. The highest BCUT2D eigenvalue weighted by Gasteiger charge is 1.93. The molecule has 1 aromatic carbocycles. The van der Waals surface area contributed by atoms with Crippen LogP contribution in [0.3, 0.4) is 0 Å². The Morgan fingerprint density at radius 2 is 2.13 bits per heavy atom.